The molecule has 1 heterocycles. The monoisotopic (exact) mass is 304 g/mol. The minimum atomic E-state index is 0.237. The van der Waals surface area contributed by atoms with Crippen LogP contribution >= 0.6 is 0 Å². The van der Waals surface area contributed by atoms with Gasteiger partial charge >= 0.3 is 0 Å². The summed E-state index contributed by atoms with van der Waals surface area (Å²) in [4.78, 5) is 4.61. The average Bonchev–Trinajstić information content (AvgIpc) is 2.36. The van der Waals surface area contributed by atoms with Crippen LogP contribution in [0.15, 0.2) is 12.3 Å². The molecule has 0 saturated carbocycles. The fourth-order valence-corrected chi connectivity index (χ4v) is 2.61. The van der Waals surface area contributed by atoms with Crippen LogP contribution in [-0.2, 0) is 12.8 Å². The molecule has 2 nitrogen and oxygen atoms in total. The Kier molecular flexibility index (Phi) is 6.61. The van der Waals surface area contributed by atoms with Crippen LogP contribution in [0.4, 0.5) is 0 Å². The highest BCUT2D eigenvalue weighted by Gasteiger charge is 2.26. The highest BCUT2D eigenvalue weighted by Crippen LogP contribution is 2.24. The smallest absolute Gasteiger partial charge is 0.0404 e. The number of nitrogens with one attached hydrogen (secondary N) is 1. The maximum absolute atomic E-state index is 4.61. The Labute approximate surface area is 138 Å². The second-order valence-electron chi connectivity index (χ2n) is 8.90. The van der Waals surface area contributed by atoms with Gasteiger partial charge in [0, 0.05) is 24.5 Å². The first-order valence-corrected chi connectivity index (χ1v) is 8.70. The molecule has 126 valence electrons. The molecule has 1 rings (SSSR count). The highest BCUT2D eigenvalue weighted by atomic mass is 14.9. The average molecular weight is 305 g/mol. The third-order valence-electron chi connectivity index (χ3n) is 4.13. The molecular formula is C20H36N2. The maximum Gasteiger partial charge on any atom is 0.0404 e. The van der Waals surface area contributed by atoms with E-state index in [1.807, 2.05) is 0 Å². The molecule has 1 N–H and O–H groups in total. The zero-order valence-electron chi connectivity index (χ0n) is 16.0. The zero-order chi connectivity index (χ0) is 17.0. The molecule has 0 aliphatic rings. The molecule has 1 aromatic rings. The summed E-state index contributed by atoms with van der Waals surface area (Å²) in [6.45, 7) is 19.2. The van der Waals surface area contributed by atoms with Gasteiger partial charge in [-0.25, -0.2) is 0 Å². The minimum Gasteiger partial charge on any atom is -0.313 e. The summed E-state index contributed by atoms with van der Waals surface area (Å²) in [5, 5.41) is 3.79. The third kappa shape index (κ3) is 6.48. The van der Waals surface area contributed by atoms with Crippen LogP contribution in [0.1, 0.15) is 71.7 Å². The first-order chi connectivity index (χ1) is 10.0. The Hall–Kier alpha value is -0.890. The predicted molar refractivity (Wildman–Crippen MR) is 97.4 cm³/mol. The summed E-state index contributed by atoms with van der Waals surface area (Å²) in [6, 6.07) is 2.83. The van der Waals surface area contributed by atoms with E-state index in [1.54, 1.807) is 0 Å². The van der Waals surface area contributed by atoms with Crippen molar-refractivity contribution < 1.29 is 0 Å². The lowest BCUT2D eigenvalue weighted by Gasteiger charge is -2.34. The second kappa shape index (κ2) is 7.59. The molecule has 0 bridgehead atoms. The van der Waals surface area contributed by atoms with E-state index < -0.39 is 0 Å². The largest absolute Gasteiger partial charge is 0.313 e. The normalized spacial score (nSPS) is 14.2. The summed E-state index contributed by atoms with van der Waals surface area (Å²) in [5.41, 5.74) is 4.49. The van der Waals surface area contributed by atoms with Gasteiger partial charge < -0.3 is 5.32 Å². The van der Waals surface area contributed by atoms with Crippen molar-refractivity contribution in [2.45, 2.75) is 80.7 Å². The van der Waals surface area contributed by atoms with Crippen molar-refractivity contribution in [1.82, 2.24) is 10.3 Å². The van der Waals surface area contributed by atoms with E-state index >= 15 is 0 Å². The highest BCUT2D eigenvalue weighted by molar-refractivity contribution is 5.25. The molecule has 1 atom stereocenters. The summed E-state index contributed by atoms with van der Waals surface area (Å²) in [6.07, 6.45) is 5.41. The third-order valence-corrected chi connectivity index (χ3v) is 4.13. The topological polar surface area (TPSA) is 24.9 Å². The zero-order valence-corrected chi connectivity index (χ0v) is 16.0. The van der Waals surface area contributed by atoms with E-state index in [0.717, 1.165) is 19.4 Å². The first-order valence-electron chi connectivity index (χ1n) is 8.70. The Morgan fingerprint density at radius 2 is 1.77 bits per heavy atom. The van der Waals surface area contributed by atoms with Crippen LogP contribution in [0.2, 0.25) is 0 Å². The van der Waals surface area contributed by atoms with Crippen molar-refractivity contribution in [3.05, 3.63) is 29.1 Å². The molecule has 0 aromatic carbocycles. The van der Waals surface area contributed by atoms with Gasteiger partial charge in [0.2, 0.25) is 0 Å². The molecule has 22 heavy (non-hydrogen) atoms. The van der Waals surface area contributed by atoms with E-state index in [9.17, 15) is 0 Å². The van der Waals surface area contributed by atoms with Gasteiger partial charge in [-0.1, -0.05) is 61.0 Å². The Balaban J connectivity index is 2.88. The number of pyridine rings is 1. The van der Waals surface area contributed by atoms with Crippen LogP contribution in [0.25, 0.3) is 0 Å². The molecule has 0 amide bonds. The van der Waals surface area contributed by atoms with E-state index in [1.165, 1.54) is 23.2 Å². The van der Waals surface area contributed by atoms with Gasteiger partial charge in [-0.15, -0.1) is 0 Å². The SMILES string of the molecule is CCCc1cc(CC(NCC(C)(C)C)C(C)(C)C)cnc1C. The molecule has 0 radical (unpaired) electrons. The lowest BCUT2D eigenvalue weighted by atomic mass is 9.82. The van der Waals surface area contributed by atoms with Gasteiger partial charge in [0.25, 0.3) is 0 Å². The molecule has 0 spiro atoms. The van der Waals surface area contributed by atoms with E-state index in [-0.39, 0.29) is 5.41 Å². The molecule has 1 unspecified atom stereocenters. The van der Waals surface area contributed by atoms with Gasteiger partial charge in [0.05, 0.1) is 0 Å². The predicted octanol–water partition coefficient (Wildman–Crippen LogP) is 4.94. The Morgan fingerprint density at radius 3 is 2.27 bits per heavy atom. The second-order valence-corrected chi connectivity index (χ2v) is 8.90. The quantitative estimate of drug-likeness (QED) is 0.805. The lowest BCUT2D eigenvalue weighted by molar-refractivity contribution is 0.236. The van der Waals surface area contributed by atoms with Gasteiger partial charge in [-0.05, 0) is 41.7 Å². The van der Waals surface area contributed by atoms with Gasteiger partial charge in [0.15, 0.2) is 0 Å². The van der Waals surface area contributed by atoms with Crippen LogP contribution in [0, 0.1) is 17.8 Å². The maximum atomic E-state index is 4.61. The molecule has 0 fully saturated rings. The molecule has 0 aliphatic heterocycles. The molecule has 2 heteroatoms. The molecule has 0 saturated heterocycles. The summed E-state index contributed by atoms with van der Waals surface area (Å²) < 4.78 is 0. The Bertz CT molecular complexity index is 464. The van der Waals surface area contributed by atoms with Gasteiger partial charge in [0.1, 0.15) is 0 Å². The summed E-state index contributed by atoms with van der Waals surface area (Å²) in [5.74, 6) is 0. The van der Waals surface area contributed by atoms with Crippen molar-refractivity contribution in [2.75, 3.05) is 6.54 Å². The van der Waals surface area contributed by atoms with Crippen molar-refractivity contribution in [3.63, 3.8) is 0 Å². The lowest BCUT2D eigenvalue weighted by Crippen LogP contribution is -2.45. The molecular weight excluding hydrogens is 268 g/mol. The van der Waals surface area contributed by atoms with Gasteiger partial charge in [-0.3, -0.25) is 4.98 Å². The van der Waals surface area contributed by atoms with E-state index in [0.29, 0.717) is 11.5 Å². The first kappa shape index (κ1) is 19.2. The Morgan fingerprint density at radius 1 is 1.14 bits per heavy atom. The molecule has 1 aromatic heterocycles. The fourth-order valence-electron chi connectivity index (χ4n) is 2.61. The summed E-state index contributed by atoms with van der Waals surface area (Å²) in [7, 11) is 0. The minimum absolute atomic E-state index is 0.237. The fraction of sp³-hybridized carbons (Fsp3) is 0.750. The number of aromatic nitrogens is 1. The number of hydrogen-bond donors (Lipinski definition) is 1. The van der Waals surface area contributed by atoms with Crippen molar-refractivity contribution in [3.8, 4) is 0 Å². The number of aryl methyl sites for hydroxylation is 2. The van der Waals surface area contributed by atoms with Crippen molar-refractivity contribution in [1.29, 1.82) is 0 Å². The summed E-state index contributed by atoms with van der Waals surface area (Å²) >= 11 is 0. The van der Waals surface area contributed by atoms with Crippen LogP contribution in [0.5, 0.6) is 0 Å². The van der Waals surface area contributed by atoms with Gasteiger partial charge in [-0.2, -0.15) is 0 Å². The van der Waals surface area contributed by atoms with Crippen LogP contribution in [0.3, 0.4) is 0 Å². The number of rotatable bonds is 6. The van der Waals surface area contributed by atoms with Crippen LogP contribution < -0.4 is 5.32 Å². The van der Waals surface area contributed by atoms with Crippen LogP contribution in [-0.4, -0.2) is 17.6 Å². The van der Waals surface area contributed by atoms with E-state index in [4.69, 9.17) is 0 Å². The number of hydrogen-bond acceptors (Lipinski definition) is 2. The van der Waals surface area contributed by atoms with E-state index in [2.05, 4.69) is 78.0 Å². The number of nitrogens with zero attached hydrogens (tertiary/aromatic N) is 1. The standard InChI is InChI=1S/C20H36N2/c1-9-10-17-11-16(13-21-15(17)2)12-18(20(6,7)8)22-14-19(3,4)5/h11,13,18,22H,9-10,12,14H2,1-8H3. The van der Waals surface area contributed by atoms with Crippen molar-refractivity contribution in [2.24, 2.45) is 10.8 Å². The van der Waals surface area contributed by atoms with Crippen molar-refractivity contribution >= 4 is 0 Å². The molecule has 0 aliphatic carbocycles.